The van der Waals surface area contributed by atoms with E-state index in [0.717, 1.165) is 19.4 Å². The van der Waals surface area contributed by atoms with Crippen molar-refractivity contribution in [2.24, 2.45) is 0 Å². The van der Waals surface area contributed by atoms with Gasteiger partial charge in [-0.3, -0.25) is 4.79 Å². The second-order valence-electron chi connectivity index (χ2n) is 4.16. The van der Waals surface area contributed by atoms with Crippen molar-refractivity contribution in [2.75, 3.05) is 19.6 Å². The maximum atomic E-state index is 12.2. The summed E-state index contributed by atoms with van der Waals surface area (Å²) in [6, 6.07) is 2.08. The molecule has 0 saturated carbocycles. The van der Waals surface area contributed by atoms with E-state index in [9.17, 15) is 4.79 Å². The molecule has 1 aliphatic heterocycles. The predicted molar refractivity (Wildman–Crippen MR) is 58.1 cm³/mol. The Morgan fingerprint density at radius 3 is 2.87 bits per heavy atom. The quantitative estimate of drug-likeness (QED) is 0.748. The number of amides is 1. The lowest BCUT2D eigenvalue weighted by Crippen LogP contribution is -2.53. The fourth-order valence-electron chi connectivity index (χ4n) is 2.01. The molecule has 1 heterocycles. The largest absolute Gasteiger partial charge is 0.340 e. The number of rotatable bonds is 4. The lowest BCUT2D eigenvalue weighted by molar-refractivity contribution is -0.136. The summed E-state index contributed by atoms with van der Waals surface area (Å²) in [5, 5.41) is 11.8. The number of likely N-dealkylation sites (N-methyl/N-ethyl adjacent to an activating group) is 1. The van der Waals surface area contributed by atoms with Crippen molar-refractivity contribution in [1.82, 2.24) is 10.2 Å². The van der Waals surface area contributed by atoms with Crippen LogP contribution >= 0.6 is 0 Å². The molecule has 1 fully saturated rings. The number of nitrogens with zero attached hydrogens (tertiary/aromatic N) is 2. The van der Waals surface area contributed by atoms with Gasteiger partial charge in [-0.15, -0.1) is 0 Å². The molecule has 4 heteroatoms. The Kier molecular flexibility index (Phi) is 4.10. The highest BCUT2D eigenvalue weighted by atomic mass is 16.2. The van der Waals surface area contributed by atoms with Crippen LogP contribution in [0, 0.1) is 11.3 Å². The molecule has 0 radical (unpaired) electrons. The van der Waals surface area contributed by atoms with E-state index in [0.29, 0.717) is 19.5 Å². The number of nitrogens with one attached hydrogen (secondary N) is 1. The number of carbonyl (C=O) groups excluding carboxylic acids is 1. The Labute approximate surface area is 91.2 Å². The summed E-state index contributed by atoms with van der Waals surface area (Å²) in [6.07, 6.45) is 2.36. The SMILES string of the molecule is CCN(CCC#N)C(=O)C1(C)CCCN1. The third-order valence-electron chi connectivity index (χ3n) is 3.00. The van der Waals surface area contributed by atoms with Gasteiger partial charge in [0.25, 0.3) is 0 Å². The van der Waals surface area contributed by atoms with Gasteiger partial charge in [-0.05, 0) is 33.2 Å². The Bertz CT molecular complexity index is 263. The van der Waals surface area contributed by atoms with Gasteiger partial charge in [-0.25, -0.2) is 0 Å². The van der Waals surface area contributed by atoms with E-state index < -0.39 is 5.54 Å². The molecular weight excluding hydrogens is 190 g/mol. The van der Waals surface area contributed by atoms with Crippen molar-refractivity contribution in [2.45, 2.75) is 38.6 Å². The zero-order valence-electron chi connectivity index (χ0n) is 9.55. The van der Waals surface area contributed by atoms with Crippen molar-refractivity contribution in [1.29, 1.82) is 5.26 Å². The van der Waals surface area contributed by atoms with Crippen LogP contribution in [0.25, 0.3) is 0 Å². The molecule has 1 aliphatic rings. The molecule has 0 aliphatic carbocycles. The molecule has 4 nitrogen and oxygen atoms in total. The third-order valence-corrected chi connectivity index (χ3v) is 3.00. The maximum Gasteiger partial charge on any atom is 0.242 e. The monoisotopic (exact) mass is 209 g/mol. The highest BCUT2D eigenvalue weighted by Crippen LogP contribution is 2.21. The van der Waals surface area contributed by atoms with Gasteiger partial charge in [0.1, 0.15) is 0 Å². The van der Waals surface area contributed by atoms with E-state index >= 15 is 0 Å². The number of hydrogen-bond acceptors (Lipinski definition) is 3. The molecule has 84 valence electrons. The van der Waals surface area contributed by atoms with Crippen LogP contribution in [0.15, 0.2) is 0 Å². The molecule has 0 aromatic rings. The van der Waals surface area contributed by atoms with E-state index in [4.69, 9.17) is 5.26 Å². The lowest BCUT2D eigenvalue weighted by atomic mass is 9.98. The van der Waals surface area contributed by atoms with Gasteiger partial charge in [0.2, 0.25) is 5.91 Å². The number of hydrogen-bond donors (Lipinski definition) is 1. The fraction of sp³-hybridized carbons (Fsp3) is 0.818. The van der Waals surface area contributed by atoms with Gasteiger partial charge in [0, 0.05) is 13.1 Å². The maximum absolute atomic E-state index is 12.2. The molecule has 1 rings (SSSR count). The summed E-state index contributed by atoms with van der Waals surface area (Å²) < 4.78 is 0. The zero-order chi connectivity index (χ0) is 11.3. The van der Waals surface area contributed by atoms with Crippen LogP contribution in [0.1, 0.15) is 33.1 Å². The first-order valence-corrected chi connectivity index (χ1v) is 5.55. The molecular formula is C11H19N3O. The molecule has 1 amide bonds. The van der Waals surface area contributed by atoms with E-state index in [1.54, 1.807) is 4.90 Å². The summed E-state index contributed by atoms with van der Waals surface area (Å²) in [7, 11) is 0. The molecule has 0 aromatic carbocycles. The van der Waals surface area contributed by atoms with Gasteiger partial charge < -0.3 is 10.2 Å². The van der Waals surface area contributed by atoms with E-state index in [1.807, 2.05) is 13.8 Å². The van der Waals surface area contributed by atoms with Gasteiger partial charge in [0.05, 0.1) is 18.0 Å². The minimum Gasteiger partial charge on any atom is -0.340 e. The average molecular weight is 209 g/mol. The van der Waals surface area contributed by atoms with Crippen LogP contribution in [0.3, 0.4) is 0 Å². The van der Waals surface area contributed by atoms with E-state index in [1.165, 1.54) is 0 Å². The van der Waals surface area contributed by atoms with Crippen molar-refractivity contribution in [3.8, 4) is 6.07 Å². The molecule has 1 N–H and O–H groups in total. The van der Waals surface area contributed by atoms with Gasteiger partial charge in [-0.2, -0.15) is 5.26 Å². The Morgan fingerprint density at radius 1 is 1.67 bits per heavy atom. The van der Waals surface area contributed by atoms with Crippen LogP contribution in [0.4, 0.5) is 0 Å². The Hall–Kier alpha value is -1.08. The molecule has 0 aromatic heterocycles. The van der Waals surface area contributed by atoms with Crippen LogP contribution in [-0.2, 0) is 4.79 Å². The minimum absolute atomic E-state index is 0.137. The summed E-state index contributed by atoms with van der Waals surface area (Å²) in [5.74, 6) is 0.137. The van der Waals surface area contributed by atoms with Crippen molar-refractivity contribution >= 4 is 5.91 Å². The molecule has 0 spiro atoms. The highest BCUT2D eigenvalue weighted by molar-refractivity contribution is 5.86. The van der Waals surface area contributed by atoms with Crippen LogP contribution in [0.5, 0.6) is 0 Å². The minimum atomic E-state index is -0.397. The van der Waals surface area contributed by atoms with Crippen LogP contribution < -0.4 is 5.32 Å². The van der Waals surface area contributed by atoms with Crippen molar-refractivity contribution < 1.29 is 4.79 Å². The number of nitriles is 1. The smallest absolute Gasteiger partial charge is 0.242 e. The summed E-state index contributed by atoms with van der Waals surface area (Å²) >= 11 is 0. The van der Waals surface area contributed by atoms with Gasteiger partial charge >= 0.3 is 0 Å². The average Bonchev–Trinajstić information content (AvgIpc) is 2.67. The Morgan fingerprint density at radius 2 is 2.40 bits per heavy atom. The van der Waals surface area contributed by atoms with Crippen LogP contribution in [0.2, 0.25) is 0 Å². The van der Waals surface area contributed by atoms with Crippen LogP contribution in [-0.4, -0.2) is 36.0 Å². The summed E-state index contributed by atoms with van der Waals surface area (Å²) in [5.41, 5.74) is -0.397. The second-order valence-corrected chi connectivity index (χ2v) is 4.16. The van der Waals surface area contributed by atoms with E-state index in [-0.39, 0.29) is 5.91 Å². The topological polar surface area (TPSA) is 56.1 Å². The lowest BCUT2D eigenvalue weighted by Gasteiger charge is -2.30. The first-order valence-electron chi connectivity index (χ1n) is 5.55. The molecule has 1 unspecified atom stereocenters. The van der Waals surface area contributed by atoms with Gasteiger partial charge in [0.15, 0.2) is 0 Å². The second kappa shape index (κ2) is 5.13. The summed E-state index contributed by atoms with van der Waals surface area (Å²) in [6.45, 7) is 6.05. The van der Waals surface area contributed by atoms with Gasteiger partial charge in [-0.1, -0.05) is 0 Å². The fourth-order valence-corrected chi connectivity index (χ4v) is 2.01. The third kappa shape index (κ3) is 2.69. The molecule has 0 bridgehead atoms. The van der Waals surface area contributed by atoms with E-state index in [2.05, 4.69) is 11.4 Å². The van der Waals surface area contributed by atoms with Crippen molar-refractivity contribution in [3.63, 3.8) is 0 Å². The normalized spacial score (nSPS) is 24.9. The number of carbonyl (C=O) groups is 1. The highest BCUT2D eigenvalue weighted by Gasteiger charge is 2.38. The molecule has 15 heavy (non-hydrogen) atoms. The summed E-state index contributed by atoms with van der Waals surface area (Å²) in [4.78, 5) is 13.9. The first-order chi connectivity index (χ1) is 7.14. The first kappa shape index (κ1) is 12.0. The predicted octanol–water partition coefficient (Wildman–Crippen LogP) is 0.891. The molecule has 1 atom stereocenters. The standard InChI is InChI=1S/C11H19N3O/c1-3-14(9-5-7-12)10(15)11(2)6-4-8-13-11/h13H,3-6,8-9H2,1-2H3. The molecule has 1 saturated heterocycles. The Balaban J connectivity index is 2.60. The van der Waals surface area contributed by atoms with Crippen molar-refractivity contribution in [3.05, 3.63) is 0 Å². The zero-order valence-corrected chi connectivity index (χ0v) is 9.55.